The van der Waals surface area contributed by atoms with E-state index in [-0.39, 0.29) is 11.3 Å². The van der Waals surface area contributed by atoms with Gasteiger partial charge >= 0.3 is 0 Å². The van der Waals surface area contributed by atoms with Gasteiger partial charge in [0, 0.05) is 5.92 Å². The van der Waals surface area contributed by atoms with E-state index in [2.05, 4.69) is 39.8 Å². The summed E-state index contributed by atoms with van der Waals surface area (Å²) in [4.78, 5) is 23.4. The smallest absolute Gasteiger partial charge is 0.146 e. The molecular weight excluding hydrogens is 320 g/mol. The van der Waals surface area contributed by atoms with Gasteiger partial charge in [0.25, 0.3) is 0 Å². The minimum absolute atomic E-state index is 0.0809. The number of aldehydes is 2. The van der Waals surface area contributed by atoms with E-state index < -0.39 is 0 Å². The molecule has 0 aromatic carbocycles. The molecule has 6 atom stereocenters. The summed E-state index contributed by atoms with van der Waals surface area (Å²) in [5, 5.41) is 0. The third-order valence-electron chi connectivity index (χ3n) is 9.16. The Morgan fingerprint density at radius 2 is 1.69 bits per heavy atom. The molecule has 2 nitrogen and oxygen atoms in total. The van der Waals surface area contributed by atoms with Crippen molar-refractivity contribution in [2.45, 2.75) is 72.6 Å². The molecule has 26 heavy (non-hydrogen) atoms. The Hall–Kier alpha value is -1.18. The molecule has 6 unspecified atom stereocenters. The summed E-state index contributed by atoms with van der Waals surface area (Å²) in [6, 6.07) is 0. The fourth-order valence-corrected chi connectivity index (χ4v) is 7.73. The van der Waals surface area contributed by atoms with Crippen molar-refractivity contribution in [1.82, 2.24) is 0 Å². The van der Waals surface area contributed by atoms with E-state index in [9.17, 15) is 9.59 Å². The third-order valence-corrected chi connectivity index (χ3v) is 9.16. The van der Waals surface area contributed by atoms with Crippen molar-refractivity contribution >= 4 is 12.6 Å². The van der Waals surface area contributed by atoms with Gasteiger partial charge in [0.1, 0.15) is 12.6 Å². The number of hydrogen-bond acceptors (Lipinski definition) is 2. The van der Waals surface area contributed by atoms with Crippen molar-refractivity contribution in [2.24, 2.45) is 39.9 Å². The van der Waals surface area contributed by atoms with Crippen LogP contribution in [0.15, 0.2) is 23.3 Å². The first-order chi connectivity index (χ1) is 12.3. The van der Waals surface area contributed by atoms with Crippen molar-refractivity contribution in [2.75, 3.05) is 0 Å². The standard InChI is InChI=1S/C24H34O2/c1-22(2)11-5-12-24(4)19-10-13-23(3)18(17(19)7-9-21(22)24)8-6-16(14-25)20(23)15-26/h6-7,14-15,18-21H,5,8-13H2,1-4H3. The molecule has 2 heteroatoms. The second-order valence-electron chi connectivity index (χ2n) is 10.7. The number of carbonyl (C=O) groups excluding carboxylic acids is 2. The molecule has 0 bridgehead atoms. The van der Waals surface area contributed by atoms with Gasteiger partial charge in [-0.25, -0.2) is 0 Å². The maximum Gasteiger partial charge on any atom is 0.146 e. The lowest BCUT2D eigenvalue weighted by Crippen LogP contribution is -2.54. The lowest BCUT2D eigenvalue weighted by Gasteiger charge is -2.62. The Balaban J connectivity index is 1.76. The molecule has 0 heterocycles. The van der Waals surface area contributed by atoms with Gasteiger partial charge in [0.05, 0.1) is 0 Å². The molecule has 4 aliphatic rings. The number of rotatable bonds is 2. The summed E-state index contributed by atoms with van der Waals surface area (Å²) in [6.07, 6.45) is 15.0. The predicted octanol–water partition coefficient (Wildman–Crippen LogP) is 5.53. The highest BCUT2D eigenvalue weighted by molar-refractivity contribution is 5.82. The highest BCUT2D eigenvalue weighted by Gasteiger charge is 2.58. The van der Waals surface area contributed by atoms with E-state index in [4.69, 9.17) is 0 Å². The van der Waals surface area contributed by atoms with Gasteiger partial charge in [-0.1, -0.05) is 51.8 Å². The number of carbonyl (C=O) groups is 2. The largest absolute Gasteiger partial charge is 0.303 e. The summed E-state index contributed by atoms with van der Waals surface area (Å²) in [6.45, 7) is 9.78. The average molecular weight is 355 g/mol. The summed E-state index contributed by atoms with van der Waals surface area (Å²) in [5.74, 6) is 1.64. The van der Waals surface area contributed by atoms with E-state index in [1.54, 1.807) is 5.57 Å². The van der Waals surface area contributed by atoms with Crippen LogP contribution in [0.25, 0.3) is 0 Å². The van der Waals surface area contributed by atoms with Gasteiger partial charge < -0.3 is 4.79 Å². The molecule has 142 valence electrons. The molecule has 0 saturated heterocycles. The zero-order valence-corrected chi connectivity index (χ0v) is 16.9. The average Bonchev–Trinajstić information content (AvgIpc) is 2.59. The molecule has 0 radical (unpaired) electrons. The molecule has 0 aromatic heterocycles. The quantitative estimate of drug-likeness (QED) is 0.483. The Morgan fingerprint density at radius 3 is 2.38 bits per heavy atom. The Labute approximate surface area is 158 Å². The van der Waals surface area contributed by atoms with Crippen molar-refractivity contribution in [1.29, 1.82) is 0 Å². The number of hydrogen-bond donors (Lipinski definition) is 0. The maximum absolute atomic E-state index is 11.9. The maximum atomic E-state index is 11.9. The first-order valence-corrected chi connectivity index (χ1v) is 10.6. The molecule has 4 aliphatic carbocycles. The molecule has 0 aliphatic heterocycles. The number of allylic oxidation sites excluding steroid dienone is 4. The third kappa shape index (κ3) is 2.29. The van der Waals surface area contributed by atoms with Crippen LogP contribution in [0.4, 0.5) is 0 Å². The highest BCUT2D eigenvalue weighted by atomic mass is 16.1. The SMILES string of the molecule is CC1(C)CCCC2(C)C3CCC4(C)C(C=O)C(C=O)=CCC4C3=CCC12. The lowest BCUT2D eigenvalue weighted by molar-refractivity contribution is -0.119. The first-order valence-electron chi connectivity index (χ1n) is 10.6. The highest BCUT2D eigenvalue weighted by Crippen LogP contribution is 2.66. The van der Waals surface area contributed by atoms with E-state index >= 15 is 0 Å². The summed E-state index contributed by atoms with van der Waals surface area (Å²) in [5.41, 5.74) is 3.10. The van der Waals surface area contributed by atoms with Gasteiger partial charge in [0.2, 0.25) is 0 Å². The van der Waals surface area contributed by atoms with Gasteiger partial charge in [-0.3, -0.25) is 4.79 Å². The van der Waals surface area contributed by atoms with Crippen LogP contribution in [0, 0.1) is 39.9 Å². The Morgan fingerprint density at radius 1 is 0.923 bits per heavy atom. The zero-order chi connectivity index (χ0) is 18.7. The lowest BCUT2D eigenvalue weighted by atomic mass is 9.42. The van der Waals surface area contributed by atoms with Crippen LogP contribution >= 0.6 is 0 Å². The molecule has 2 saturated carbocycles. The van der Waals surface area contributed by atoms with E-state index in [0.717, 1.165) is 36.9 Å². The molecule has 0 spiro atoms. The minimum atomic E-state index is -0.228. The van der Waals surface area contributed by atoms with Crippen LogP contribution < -0.4 is 0 Å². The molecule has 4 rings (SSSR count). The fraction of sp³-hybridized carbons (Fsp3) is 0.750. The summed E-state index contributed by atoms with van der Waals surface area (Å²) < 4.78 is 0. The minimum Gasteiger partial charge on any atom is -0.303 e. The zero-order valence-electron chi connectivity index (χ0n) is 16.9. The van der Waals surface area contributed by atoms with E-state index in [0.29, 0.717) is 22.7 Å². The van der Waals surface area contributed by atoms with Gasteiger partial charge in [-0.05, 0) is 78.1 Å². The van der Waals surface area contributed by atoms with Crippen LogP contribution in [-0.2, 0) is 9.59 Å². The van der Waals surface area contributed by atoms with Crippen LogP contribution in [0.2, 0.25) is 0 Å². The van der Waals surface area contributed by atoms with Crippen molar-refractivity contribution in [3.63, 3.8) is 0 Å². The summed E-state index contributed by atoms with van der Waals surface area (Å²) in [7, 11) is 0. The normalized spacial score (nSPS) is 46.8. The van der Waals surface area contributed by atoms with Gasteiger partial charge in [-0.15, -0.1) is 0 Å². The monoisotopic (exact) mass is 354 g/mol. The molecule has 0 aromatic rings. The van der Waals surface area contributed by atoms with Crippen LogP contribution in [0.5, 0.6) is 0 Å². The van der Waals surface area contributed by atoms with Crippen LogP contribution in [0.1, 0.15) is 72.6 Å². The predicted molar refractivity (Wildman–Crippen MR) is 105 cm³/mol. The Bertz CT molecular complexity index is 684. The van der Waals surface area contributed by atoms with E-state index in [1.807, 2.05) is 0 Å². The van der Waals surface area contributed by atoms with Crippen molar-refractivity contribution in [3.8, 4) is 0 Å². The van der Waals surface area contributed by atoms with E-state index in [1.165, 1.54) is 32.1 Å². The van der Waals surface area contributed by atoms with Crippen LogP contribution in [0.3, 0.4) is 0 Å². The topological polar surface area (TPSA) is 34.1 Å². The molecule has 2 fully saturated rings. The fourth-order valence-electron chi connectivity index (χ4n) is 7.73. The molecule has 0 N–H and O–H groups in total. The molecule has 0 amide bonds. The van der Waals surface area contributed by atoms with Gasteiger partial charge in [-0.2, -0.15) is 0 Å². The molecular formula is C24H34O2. The van der Waals surface area contributed by atoms with Gasteiger partial charge in [0.15, 0.2) is 0 Å². The van der Waals surface area contributed by atoms with Crippen molar-refractivity contribution < 1.29 is 9.59 Å². The van der Waals surface area contributed by atoms with Crippen molar-refractivity contribution in [3.05, 3.63) is 23.3 Å². The van der Waals surface area contributed by atoms with Crippen LogP contribution in [-0.4, -0.2) is 12.6 Å². The summed E-state index contributed by atoms with van der Waals surface area (Å²) >= 11 is 0. The second kappa shape index (κ2) is 5.91. The second-order valence-corrected chi connectivity index (χ2v) is 10.7. The first kappa shape index (κ1) is 18.2. The Kier molecular flexibility index (Phi) is 4.13. The number of fused-ring (bicyclic) bond motifs is 5.